The van der Waals surface area contributed by atoms with E-state index in [-0.39, 0.29) is 23.5 Å². The highest BCUT2D eigenvalue weighted by molar-refractivity contribution is 7.99. The largest absolute Gasteiger partial charge is 0.507 e. The fourth-order valence-electron chi connectivity index (χ4n) is 3.71. The van der Waals surface area contributed by atoms with E-state index >= 15 is 0 Å². The van der Waals surface area contributed by atoms with Gasteiger partial charge in [0.25, 0.3) is 0 Å². The van der Waals surface area contributed by atoms with Crippen LogP contribution in [0.4, 0.5) is 0 Å². The minimum atomic E-state index is -0.0895. The Bertz CT molecular complexity index is 1270. The number of nitrogens with one attached hydrogen (secondary N) is 1. The number of phenolic OH excluding ortho intramolecular Hbond substituents is 1. The summed E-state index contributed by atoms with van der Waals surface area (Å²) in [5.74, 6) is 0.763. The molecular weight excluding hydrogens is 432 g/mol. The predicted molar refractivity (Wildman–Crippen MR) is 132 cm³/mol. The molecule has 0 aliphatic rings. The Hall–Kier alpha value is -3.58. The summed E-state index contributed by atoms with van der Waals surface area (Å²) in [7, 11) is 0. The summed E-state index contributed by atoms with van der Waals surface area (Å²) in [6, 6.07) is 22.9. The average Bonchev–Trinajstić information content (AvgIpc) is 3.22. The molecule has 1 atom stereocenters. The maximum atomic E-state index is 12.7. The zero-order valence-corrected chi connectivity index (χ0v) is 19.6. The summed E-state index contributed by atoms with van der Waals surface area (Å²) >= 11 is 1.32. The summed E-state index contributed by atoms with van der Waals surface area (Å²) in [5, 5.41) is 22.8. The number of carbonyl (C=O) groups excluding carboxylic acids is 1. The van der Waals surface area contributed by atoms with E-state index in [1.54, 1.807) is 12.1 Å². The fourth-order valence-corrected chi connectivity index (χ4v) is 4.47. The van der Waals surface area contributed by atoms with Gasteiger partial charge in [0.1, 0.15) is 5.75 Å². The highest BCUT2D eigenvalue weighted by atomic mass is 32.2. The van der Waals surface area contributed by atoms with Gasteiger partial charge in [-0.2, -0.15) is 0 Å². The van der Waals surface area contributed by atoms with Crippen LogP contribution in [0.5, 0.6) is 5.75 Å². The lowest BCUT2D eigenvalue weighted by atomic mass is 10.1. The molecule has 0 aliphatic carbocycles. The summed E-state index contributed by atoms with van der Waals surface area (Å²) in [5.41, 5.74) is 4.74. The van der Waals surface area contributed by atoms with E-state index in [0.29, 0.717) is 16.5 Å². The van der Waals surface area contributed by atoms with Gasteiger partial charge in [-0.3, -0.25) is 9.36 Å². The molecule has 6 nitrogen and oxygen atoms in total. The van der Waals surface area contributed by atoms with Gasteiger partial charge in [-0.25, -0.2) is 0 Å². The summed E-state index contributed by atoms with van der Waals surface area (Å²) in [6.07, 6.45) is 0. The van der Waals surface area contributed by atoms with Crippen molar-refractivity contribution < 1.29 is 9.90 Å². The monoisotopic (exact) mass is 458 g/mol. The first-order valence-electron chi connectivity index (χ1n) is 10.7. The van der Waals surface area contributed by atoms with Crippen molar-refractivity contribution in [1.29, 1.82) is 0 Å². The Morgan fingerprint density at radius 3 is 2.48 bits per heavy atom. The number of phenols is 1. The third kappa shape index (κ3) is 5.09. The first-order chi connectivity index (χ1) is 15.9. The van der Waals surface area contributed by atoms with Crippen LogP contribution in [0, 0.1) is 13.8 Å². The molecule has 2 N–H and O–H groups in total. The van der Waals surface area contributed by atoms with Gasteiger partial charge in [-0.05, 0) is 50.1 Å². The third-order valence-electron chi connectivity index (χ3n) is 5.38. The fraction of sp³-hybridized carbons (Fsp3) is 0.192. The van der Waals surface area contributed by atoms with Crippen LogP contribution in [0.15, 0.2) is 78.0 Å². The van der Waals surface area contributed by atoms with Crippen LogP contribution in [0.2, 0.25) is 0 Å². The van der Waals surface area contributed by atoms with Crippen LogP contribution in [0.3, 0.4) is 0 Å². The zero-order valence-electron chi connectivity index (χ0n) is 18.8. The Balaban J connectivity index is 1.62. The van der Waals surface area contributed by atoms with Crippen molar-refractivity contribution >= 4 is 17.7 Å². The van der Waals surface area contributed by atoms with Crippen molar-refractivity contribution in [2.45, 2.75) is 32.0 Å². The number of hydrogen-bond donors (Lipinski definition) is 2. The van der Waals surface area contributed by atoms with E-state index < -0.39 is 0 Å². The van der Waals surface area contributed by atoms with Crippen LogP contribution in [-0.2, 0) is 4.79 Å². The van der Waals surface area contributed by atoms with E-state index in [9.17, 15) is 9.90 Å². The number of aryl methyl sites for hydroxylation is 2. The number of carbonyl (C=O) groups is 1. The molecule has 7 heteroatoms. The highest BCUT2D eigenvalue weighted by Crippen LogP contribution is 2.33. The topological polar surface area (TPSA) is 80.0 Å². The van der Waals surface area contributed by atoms with Crippen molar-refractivity contribution in [2.75, 3.05) is 5.75 Å². The first-order valence-corrected chi connectivity index (χ1v) is 11.7. The van der Waals surface area contributed by atoms with E-state index in [0.717, 1.165) is 22.4 Å². The molecule has 1 unspecified atom stereocenters. The van der Waals surface area contributed by atoms with Crippen LogP contribution in [-0.4, -0.2) is 31.5 Å². The van der Waals surface area contributed by atoms with Gasteiger partial charge in [0, 0.05) is 0 Å². The van der Waals surface area contributed by atoms with Crippen LogP contribution >= 0.6 is 11.8 Å². The maximum Gasteiger partial charge on any atom is 0.230 e. The van der Waals surface area contributed by atoms with E-state index in [1.807, 2.05) is 79.9 Å². The number of amides is 1. The molecule has 3 aromatic carbocycles. The van der Waals surface area contributed by atoms with E-state index in [2.05, 4.69) is 21.6 Å². The molecule has 0 aliphatic heterocycles. The summed E-state index contributed by atoms with van der Waals surface area (Å²) in [4.78, 5) is 12.7. The molecule has 4 rings (SSSR count). The van der Waals surface area contributed by atoms with E-state index in [1.165, 1.54) is 11.8 Å². The number of nitrogens with zero attached hydrogens (tertiary/aromatic N) is 3. The third-order valence-corrected chi connectivity index (χ3v) is 6.31. The van der Waals surface area contributed by atoms with Crippen molar-refractivity contribution in [3.8, 4) is 22.8 Å². The molecule has 0 bridgehead atoms. The number of hydrogen-bond acceptors (Lipinski definition) is 5. The molecule has 0 radical (unpaired) electrons. The molecule has 0 fully saturated rings. The molecule has 168 valence electrons. The first kappa shape index (κ1) is 22.6. The molecule has 1 amide bonds. The van der Waals surface area contributed by atoms with Gasteiger partial charge in [0.05, 0.1) is 23.0 Å². The van der Waals surface area contributed by atoms with Gasteiger partial charge >= 0.3 is 0 Å². The second kappa shape index (κ2) is 9.92. The Labute approximate surface area is 197 Å². The minimum Gasteiger partial charge on any atom is -0.507 e. The molecule has 0 saturated carbocycles. The standard InChI is InChI=1S/C26H26N4O2S/c1-17-13-14-22(18(2)15-17)30-25(21-11-7-8-12-23(21)31)28-29-26(30)33-16-24(32)27-19(3)20-9-5-4-6-10-20/h4-15,19,31H,16H2,1-3H3,(H,27,32). The number of aromatic hydroxyl groups is 1. The molecular formula is C26H26N4O2S. The highest BCUT2D eigenvalue weighted by Gasteiger charge is 2.20. The smallest absolute Gasteiger partial charge is 0.230 e. The number of para-hydroxylation sites is 1. The van der Waals surface area contributed by atoms with Crippen molar-refractivity contribution in [1.82, 2.24) is 20.1 Å². The van der Waals surface area contributed by atoms with Crippen molar-refractivity contribution in [3.63, 3.8) is 0 Å². The number of rotatable bonds is 7. The Kier molecular flexibility index (Phi) is 6.79. The second-order valence-corrected chi connectivity index (χ2v) is 8.88. The maximum absolute atomic E-state index is 12.7. The Morgan fingerprint density at radius 2 is 1.76 bits per heavy atom. The molecule has 0 spiro atoms. The Morgan fingerprint density at radius 1 is 1.03 bits per heavy atom. The minimum absolute atomic E-state index is 0.0874. The summed E-state index contributed by atoms with van der Waals surface area (Å²) < 4.78 is 1.91. The number of benzene rings is 3. The summed E-state index contributed by atoms with van der Waals surface area (Å²) in [6.45, 7) is 6.03. The molecule has 1 heterocycles. The second-order valence-electron chi connectivity index (χ2n) is 7.94. The molecule has 0 saturated heterocycles. The predicted octanol–water partition coefficient (Wildman–Crippen LogP) is 5.23. The lowest BCUT2D eigenvalue weighted by Gasteiger charge is -2.15. The van der Waals surface area contributed by atoms with Crippen molar-refractivity contribution in [3.05, 3.63) is 89.5 Å². The zero-order chi connectivity index (χ0) is 23.4. The lowest BCUT2D eigenvalue weighted by molar-refractivity contribution is -0.119. The van der Waals surface area contributed by atoms with Gasteiger partial charge in [0.15, 0.2) is 11.0 Å². The van der Waals surface area contributed by atoms with Gasteiger partial charge < -0.3 is 10.4 Å². The van der Waals surface area contributed by atoms with Crippen LogP contribution < -0.4 is 5.32 Å². The van der Waals surface area contributed by atoms with Gasteiger partial charge in [-0.15, -0.1) is 10.2 Å². The molecule has 4 aromatic rings. The SMILES string of the molecule is Cc1ccc(-n2c(SCC(=O)NC(C)c3ccccc3)nnc2-c2ccccc2O)c(C)c1. The molecule has 33 heavy (non-hydrogen) atoms. The van der Waals surface area contributed by atoms with E-state index in [4.69, 9.17) is 0 Å². The lowest BCUT2D eigenvalue weighted by Crippen LogP contribution is -2.28. The van der Waals surface area contributed by atoms with Gasteiger partial charge in [-0.1, -0.05) is 71.9 Å². The normalized spacial score (nSPS) is 11.8. The van der Waals surface area contributed by atoms with Gasteiger partial charge in [0.2, 0.25) is 5.91 Å². The molecule has 1 aromatic heterocycles. The quantitative estimate of drug-likeness (QED) is 0.371. The van der Waals surface area contributed by atoms with Crippen LogP contribution in [0.25, 0.3) is 17.1 Å². The average molecular weight is 459 g/mol. The number of aromatic nitrogens is 3. The van der Waals surface area contributed by atoms with Crippen LogP contribution in [0.1, 0.15) is 29.7 Å². The van der Waals surface area contributed by atoms with Crippen molar-refractivity contribution in [2.24, 2.45) is 0 Å². The number of thioether (sulfide) groups is 1.